The molecule has 1 aliphatic heterocycles. The Morgan fingerprint density at radius 1 is 1.39 bits per heavy atom. The highest BCUT2D eigenvalue weighted by Crippen LogP contribution is 2.57. The van der Waals surface area contributed by atoms with E-state index >= 15 is 0 Å². The number of hydrogen-bond donors (Lipinski definition) is 2. The minimum atomic E-state index is -0.430. The van der Waals surface area contributed by atoms with Crippen molar-refractivity contribution in [2.45, 2.75) is 59.0 Å². The SMILES string of the molecule is Cc1nc2c(s1)C[C@]1(C)CC[C@@H]([C@H](C)C(=O)N3CC[NH+](C)CC3)[C@H](O)[C@H]1[C@@H]2C. The van der Waals surface area contributed by atoms with Gasteiger partial charge in [-0.2, -0.15) is 0 Å². The molecule has 2 heterocycles. The summed E-state index contributed by atoms with van der Waals surface area (Å²) in [7, 11) is 2.19. The minimum absolute atomic E-state index is 0.0568. The fourth-order valence-electron chi connectivity index (χ4n) is 6.25. The van der Waals surface area contributed by atoms with Gasteiger partial charge in [-0.1, -0.05) is 20.8 Å². The van der Waals surface area contributed by atoms with Gasteiger partial charge in [-0.25, -0.2) is 4.98 Å². The van der Waals surface area contributed by atoms with E-state index in [0.29, 0.717) is 0 Å². The number of rotatable bonds is 2. The number of nitrogens with zero attached hydrogens (tertiary/aromatic N) is 2. The lowest BCUT2D eigenvalue weighted by atomic mass is 9.53. The summed E-state index contributed by atoms with van der Waals surface area (Å²) < 4.78 is 0. The van der Waals surface area contributed by atoms with Crippen LogP contribution in [0.3, 0.4) is 0 Å². The van der Waals surface area contributed by atoms with Crippen LogP contribution >= 0.6 is 11.3 Å². The first-order chi connectivity index (χ1) is 13.2. The summed E-state index contributed by atoms with van der Waals surface area (Å²) in [6.07, 6.45) is 2.63. The van der Waals surface area contributed by atoms with Crippen molar-refractivity contribution in [3.05, 3.63) is 15.6 Å². The van der Waals surface area contributed by atoms with Gasteiger partial charge in [-0.15, -0.1) is 11.3 Å². The predicted molar refractivity (Wildman–Crippen MR) is 112 cm³/mol. The standard InChI is InChI=1S/C22H35N3O2S/c1-13(21(27)25-10-8-24(5)9-11-25)16-6-7-22(4)12-17-19(23-15(3)28-17)14(2)18(22)20(16)26/h13-14,16,18,20,26H,6-12H2,1-5H3/p+1/t13-,14-,16-,18+,20-,22-/m0/s1. The van der Waals surface area contributed by atoms with Gasteiger partial charge in [0.2, 0.25) is 5.91 Å². The van der Waals surface area contributed by atoms with Crippen LogP contribution in [0.1, 0.15) is 55.1 Å². The molecule has 1 aromatic rings. The second-order valence-electron chi connectivity index (χ2n) is 9.95. The molecule has 3 aliphatic rings. The number of aliphatic hydroxyl groups excluding tert-OH is 1. The normalized spacial score (nSPS) is 37.3. The van der Waals surface area contributed by atoms with Crippen LogP contribution in [-0.4, -0.2) is 60.2 Å². The van der Waals surface area contributed by atoms with Crippen molar-refractivity contribution in [3.8, 4) is 0 Å². The van der Waals surface area contributed by atoms with Crippen LogP contribution in [0.25, 0.3) is 0 Å². The zero-order chi connectivity index (χ0) is 20.2. The van der Waals surface area contributed by atoms with Gasteiger partial charge in [0.05, 0.1) is 50.0 Å². The largest absolute Gasteiger partial charge is 0.392 e. The average Bonchev–Trinajstić information content (AvgIpc) is 3.01. The molecule has 28 heavy (non-hydrogen) atoms. The molecule has 1 saturated heterocycles. The van der Waals surface area contributed by atoms with Crippen LogP contribution in [0, 0.1) is 30.1 Å². The van der Waals surface area contributed by atoms with Crippen molar-refractivity contribution in [1.29, 1.82) is 0 Å². The second-order valence-corrected chi connectivity index (χ2v) is 11.2. The molecule has 2 fully saturated rings. The predicted octanol–water partition coefficient (Wildman–Crippen LogP) is 1.50. The Morgan fingerprint density at radius 3 is 2.75 bits per heavy atom. The van der Waals surface area contributed by atoms with E-state index in [0.717, 1.165) is 50.4 Å². The molecule has 0 spiro atoms. The molecule has 5 nitrogen and oxygen atoms in total. The zero-order valence-corrected chi connectivity index (χ0v) is 18.8. The van der Waals surface area contributed by atoms with E-state index in [1.165, 1.54) is 15.5 Å². The Labute approximate surface area is 173 Å². The zero-order valence-electron chi connectivity index (χ0n) is 18.0. The van der Waals surface area contributed by atoms with E-state index in [4.69, 9.17) is 4.98 Å². The summed E-state index contributed by atoms with van der Waals surface area (Å²) in [6, 6.07) is 0. The molecule has 0 aromatic carbocycles. The van der Waals surface area contributed by atoms with Crippen LogP contribution in [0.2, 0.25) is 0 Å². The van der Waals surface area contributed by atoms with Crippen molar-refractivity contribution in [2.75, 3.05) is 33.2 Å². The molecule has 0 bridgehead atoms. The Bertz CT molecular complexity index is 742. The molecule has 0 radical (unpaired) electrons. The van der Waals surface area contributed by atoms with E-state index in [9.17, 15) is 9.90 Å². The van der Waals surface area contributed by atoms with Gasteiger partial charge in [0, 0.05) is 16.7 Å². The third kappa shape index (κ3) is 3.31. The maximum absolute atomic E-state index is 13.2. The molecular weight excluding hydrogens is 370 g/mol. The van der Waals surface area contributed by atoms with Crippen molar-refractivity contribution in [1.82, 2.24) is 9.88 Å². The van der Waals surface area contributed by atoms with Crippen molar-refractivity contribution in [2.24, 2.45) is 23.2 Å². The number of hydrogen-bond acceptors (Lipinski definition) is 4. The van der Waals surface area contributed by atoms with Crippen molar-refractivity contribution in [3.63, 3.8) is 0 Å². The van der Waals surface area contributed by atoms with Crippen LogP contribution in [0.4, 0.5) is 0 Å². The minimum Gasteiger partial charge on any atom is -0.392 e. The first kappa shape index (κ1) is 20.3. The van der Waals surface area contributed by atoms with Crippen LogP contribution in [0.5, 0.6) is 0 Å². The van der Waals surface area contributed by atoms with Crippen LogP contribution < -0.4 is 4.90 Å². The lowest BCUT2D eigenvalue weighted by Gasteiger charge is -2.53. The number of amides is 1. The third-order valence-corrected chi connectivity index (χ3v) is 8.98. The number of carbonyl (C=O) groups excluding carboxylic acids is 1. The van der Waals surface area contributed by atoms with E-state index < -0.39 is 6.10 Å². The topological polar surface area (TPSA) is 57.9 Å². The summed E-state index contributed by atoms with van der Waals surface area (Å²) in [5, 5.41) is 12.6. The molecule has 1 aromatic heterocycles. The second kappa shape index (κ2) is 7.37. The maximum atomic E-state index is 13.2. The highest BCUT2D eigenvalue weighted by molar-refractivity contribution is 7.11. The molecule has 0 unspecified atom stereocenters. The first-order valence-electron chi connectivity index (χ1n) is 11.0. The molecule has 1 amide bonds. The van der Waals surface area contributed by atoms with Crippen LogP contribution in [-0.2, 0) is 11.2 Å². The Balaban J connectivity index is 1.53. The fraction of sp³-hybridized carbons (Fsp3) is 0.818. The number of nitrogens with one attached hydrogen (secondary N) is 1. The molecule has 6 atom stereocenters. The number of thiazole rings is 1. The summed E-state index contributed by atoms with van der Waals surface area (Å²) in [4.78, 5) is 22.9. The summed E-state index contributed by atoms with van der Waals surface area (Å²) in [6.45, 7) is 12.5. The quantitative estimate of drug-likeness (QED) is 0.783. The average molecular weight is 407 g/mol. The Morgan fingerprint density at radius 2 is 2.07 bits per heavy atom. The molecule has 2 aliphatic carbocycles. The van der Waals surface area contributed by atoms with E-state index in [1.54, 1.807) is 0 Å². The van der Waals surface area contributed by atoms with Gasteiger partial charge in [0.15, 0.2) is 0 Å². The lowest BCUT2D eigenvalue weighted by molar-refractivity contribution is -0.883. The molecule has 156 valence electrons. The number of aliphatic hydroxyl groups is 1. The molecular formula is C22H36N3O2S+. The molecule has 4 rings (SSSR count). The number of aryl methyl sites for hydroxylation is 1. The highest BCUT2D eigenvalue weighted by Gasteiger charge is 2.54. The third-order valence-electron chi connectivity index (χ3n) is 7.99. The van der Waals surface area contributed by atoms with E-state index in [1.807, 2.05) is 16.2 Å². The summed E-state index contributed by atoms with van der Waals surface area (Å²) in [5.74, 6) is 0.636. The summed E-state index contributed by atoms with van der Waals surface area (Å²) >= 11 is 1.82. The van der Waals surface area contributed by atoms with Gasteiger partial charge >= 0.3 is 0 Å². The summed E-state index contributed by atoms with van der Waals surface area (Å²) in [5.41, 5.74) is 1.31. The van der Waals surface area contributed by atoms with Crippen LogP contribution in [0.15, 0.2) is 0 Å². The Hall–Kier alpha value is -0.980. The fourth-order valence-corrected chi connectivity index (χ4v) is 7.49. The number of quaternary nitrogens is 1. The van der Waals surface area contributed by atoms with Gasteiger partial charge in [0.1, 0.15) is 0 Å². The number of carbonyl (C=O) groups is 1. The van der Waals surface area contributed by atoms with E-state index in [-0.39, 0.29) is 35.0 Å². The lowest BCUT2D eigenvalue weighted by Crippen LogP contribution is -3.12. The molecule has 1 saturated carbocycles. The van der Waals surface area contributed by atoms with Gasteiger partial charge < -0.3 is 14.9 Å². The number of piperazine rings is 1. The maximum Gasteiger partial charge on any atom is 0.226 e. The highest BCUT2D eigenvalue weighted by atomic mass is 32.1. The monoisotopic (exact) mass is 406 g/mol. The Kier molecular flexibility index (Phi) is 5.34. The van der Waals surface area contributed by atoms with Gasteiger partial charge in [0.25, 0.3) is 0 Å². The number of aromatic nitrogens is 1. The van der Waals surface area contributed by atoms with Gasteiger partial charge in [-0.05, 0) is 43.4 Å². The van der Waals surface area contributed by atoms with Crippen molar-refractivity contribution >= 4 is 17.2 Å². The number of likely N-dealkylation sites (N-methyl/N-ethyl adjacent to an activating group) is 1. The molecule has 2 N–H and O–H groups in total. The first-order valence-corrected chi connectivity index (χ1v) is 11.8. The van der Waals surface area contributed by atoms with E-state index in [2.05, 4.69) is 34.7 Å². The number of fused-ring (bicyclic) bond motifs is 2. The molecule has 6 heteroatoms. The van der Waals surface area contributed by atoms with Gasteiger partial charge in [-0.3, -0.25) is 4.79 Å². The smallest absolute Gasteiger partial charge is 0.226 e. The van der Waals surface area contributed by atoms with Crippen molar-refractivity contribution < 1.29 is 14.8 Å².